The SMILES string of the molecule is COC1CC(NCc2ccc(Br)cc2)C1. The molecule has 0 unspecified atom stereocenters. The minimum Gasteiger partial charge on any atom is -0.381 e. The molecule has 15 heavy (non-hydrogen) atoms. The van der Waals surface area contributed by atoms with Crippen molar-refractivity contribution in [3.8, 4) is 0 Å². The second-order valence-electron chi connectivity index (χ2n) is 4.03. The highest BCUT2D eigenvalue weighted by atomic mass is 79.9. The lowest BCUT2D eigenvalue weighted by atomic mass is 9.89. The van der Waals surface area contributed by atoms with Crippen LogP contribution < -0.4 is 5.32 Å². The molecule has 1 saturated carbocycles. The zero-order chi connectivity index (χ0) is 10.7. The first-order chi connectivity index (χ1) is 7.28. The standard InChI is InChI=1S/C12H16BrNO/c1-15-12-6-11(7-12)14-8-9-2-4-10(13)5-3-9/h2-5,11-12,14H,6-8H2,1H3. The zero-order valence-electron chi connectivity index (χ0n) is 8.87. The highest BCUT2D eigenvalue weighted by Gasteiger charge is 2.28. The first kappa shape index (κ1) is 11.1. The van der Waals surface area contributed by atoms with Crippen molar-refractivity contribution >= 4 is 15.9 Å². The van der Waals surface area contributed by atoms with Crippen LogP contribution in [0.1, 0.15) is 18.4 Å². The molecule has 0 aromatic heterocycles. The summed E-state index contributed by atoms with van der Waals surface area (Å²) in [7, 11) is 1.79. The molecule has 3 heteroatoms. The normalized spacial score (nSPS) is 24.9. The van der Waals surface area contributed by atoms with Gasteiger partial charge in [-0.1, -0.05) is 28.1 Å². The van der Waals surface area contributed by atoms with Gasteiger partial charge in [0.1, 0.15) is 0 Å². The first-order valence-corrected chi connectivity index (χ1v) is 6.08. The average Bonchev–Trinajstić information content (AvgIpc) is 2.19. The molecule has 0 amide bonds. The largest absolute Gasteiger partial charge is 0.381 e. The summed E-state index contributed by atoms with van der Waals surface area (Å²) in [5.41, 5.74) is 1.33. The fourth-order valence-corrected chi connectivity index (χ4v) is 2.05. The van der Waals surface area contributed by atoms with Crippen molar-refractivity contribution in [2.45, 2.75) is 31.5 Å². The lowest BCUT2D eigenvalue weighted by molar-refractivity contribution is 0.0170. The summed E-state index contributed by atoms with van der Waals surface area (Å²) in [5.74, 6) is 0. The molecule has 1 N–H and O–H groups in total. The maximum atomic E-state index is 5.24. The fraction of sp³-hybridized carbons (Fsp3) is 0.500. The Hall–Kier alpha value is -0.380. The van der Waals surface area contributed by atoms with Crippen LogP contribution in [0.3, 0.4) is 0 Å². The van der Waals surface area contributed by atoms with Gasteiger partial charge in [-0.15, -0.1) is 0 Å². The van der Waals surface area contributed by atoms with Gasteiger partial charge in [-0.05, 0) is 30.5 Å². The van der Waals surface area contributed by atoms with Crippen LogP contribution in [0.5, 0.6) is 0 Å². The quantitative estimate of drug-likeness (QED) is 0.908. The van der Waals surface area contributed by atoms with E-state index in [1.165, 1.54) is 5.56 Å². The molecule has 0 radical (unpaired) electrons. The van der Waals surface area contributed by atoms with Crippen molar-refractivity contribution in [3.63, 3.8) is 0 Å². The molecule has 2 rings (SSSR count). The molecular weight excluding hydrogens is 254 g/mol. The highest BCUT2D eigenvalue weighted by Crippen LogP contribution is 2.22. The van der Waals surface area contributed by atoms with Crippen molar-refractivity contribution in [2.75, 3.05) is 7.11 Å². The van der Waals surface area contributed by atoms with Crippen LogP contribution >= 0.6 is 15.9 Å². The second-order valence-corrected chi connectivity index (χ2v) is 4.95. The van der Waals surface area contributed by atoms with Gasteiger partial charge in [-0.3, -0.25) is 0 Å². The Labute approximate surface area is 99.1 Å². The van der Waals surface area contributed by atoms with Gasteiger partial charge >= 0.3 is 0 Å². The molecule has 82 valence electrons. The molecule has 1 fully saturated rings. The van der Waals surface area contributed by atoms with E-state index >= 15 is 0 Å². The molecule has 0 saturated heterocycles. The molecule has 1 aromatic carbocycles. The minimum absolute atomic E-state index is 0.479. The summed E-state index contributed by atoms with van der Waals surface area (Å²) < 4.78 is 6.37. The van der Waals surface area contributed by atoms with E-state index in [2.05, 4.69) is 45.5 Å². The maximum absolute atomic E-state index is 5.24. The average molecular weight is 270 g/mol. The number of halogens is 1. The van der Waals surface area contributed by atoms with E-state index in [1.54, 1.807) is 7.11 Å². The summed E-state index contributed by atoms with van der Waals surface area (Å²) in [6.45, 7) is 0.953. The number of methoxy groups -OCH3 is 1. The Balaban J connectivity index is 1.72. The van der Waals surface area contributed by atoms with Gasteiger partial charge in [0.2, 0.25) is 0 Å². The van der Waals surface area contributed by atoms with E-state index < -0.39 is 0 Å². The summed E-state index contributed by atoms with van der Waals surface area (Å²) in [4.78, 5) is 0. The smallest absolute Gasteiger partial charge is 0.0601 e. The van der Waals surface area contributed by atoms with Crippen molar-refractivity contribution in [3.05, 3.63) is 34.3 Å². The van der Waals surface area contributed by atoms with E-state index in [-0.39, 0.29) is 0 Å². The van der Waals surface area contributed by atoms with Crippen LogP contribution in [0.15, 0.2) is 28.7 Å². The number of nitrogens with one attached hydrogen (secondary N) is 1. The van der Waals surface area contributed by atoms with Crippen molar-refractivity contribution in [1.29, 1.82) is 0 Å². The third-order valence-electron chi connectivity index (χ3n) is 2.94. The molecule has 2 nitrogen and oxygen atoms in total. The zero-order valence-corrected chi connectivity index (χ0v) is 10.5. The Morgan fingerprint density at radius 3 is 2.60 bits per heavy atom. The van der Waals surface area contributed by atoms with Gasteiger partial charge in [-0.25, -0.2) is 0 Å². The lowest BCUT2D eigenvalue weighted by Crippen LogP contribution is -2.44. The van der Waals surface area contributed by atoms with Crippen LogP contribution in [0.4, 0.5) is 0 Å². The molecule has 1 aromatic rings. The predicted octanol–water partition coefficient (Wildman–Crippen LogP) is 2.72. The van der Waals surface area contributed by atoms with E-state index in [1.807, 2.05) is 0 Å². The Kier molecular flexibility index (Phi) is 3.78. The van der Waals surface area contributed by atoms with Crippen LogP contribution in [-0.4, -0.2) is 19.3 Å². The highest BCUT2D eigenvalue weighted by molar-refractivity contribution is 9.10. The second kappa shape index (κ2) is 5.10. The van der Waals surface area contributed by atoms with Gasteiger partial charge < -0.3 is 10.1 Å². The number of benzene rings is 1. The molecule has 1 aliphatic carbocycles. The maximum Gasteiger partial charge on any atom is 0.0601 e. The summed E-state index contributed by atoms with van der Waals surface area (Å²) in [5, 5.41) is 3.52. The monoisotopic (exact) mass is 269 g/mol. The van der Waals surface area contributed by atoms with Crippen LogP contribution in [0, 0.1) is 0 Å². The topological polar surface area (TPSA) is 21.3 Å². The Bertz CT molecular complexity index is 306. The molecule has 0 aliphatic heterocycles. The summed E-state index contributed by atoms with van der Waals surface area (Å²) in [6.07, 6.45) is 2.77. The van der Waals surface area contributed by atoms with E-state index in [0.29, 0.717) is 12.1 Å². The van der Waals surface area contributed by atoms with Gasteiger partial charge in [0.05, 0.1) is 6.10 Å². The van der Waals surface area contributed by atoms with Gasteiger partial charge in [0.25, 0.3) is 0 Å². The molecule has 0 bridgehead atoms. The first-order valence-electron chi connectivity index (χ1n) is 5.28. The fourth-order valence-electron chi connectivity index (χ4n) is 1.79. The molecule has 1 aliphatic rings. The molecular formula is C12H16BrNO. The molecule has 0 atom stereocenters. The third-order valence-corrected chi connectivity index (χ3v) is 3.46. The van der Waals surface area contributed by atoms with Gasteiger partial charge in [0.15, 0.2) is 0 Å². The van der Waals surface area contributed by atoms with Crippen LogP contribution in [-0.2, 0) is 11.3 Å². The lowest BCUT2D eigenvalue weighted by Gasteiger charge is -2.34. The van der Waals surface area contributed by atoms with Crippen molar-refractivity contribution < 1.29 is 4.74 Å². The molecule has 0 heterocycles. The predicted molar refractivity (Wildman–Crippen MR) is 64.8 cm³/mol. The van der Waals surface area contributed by atoms with Crippen LogP contribution in [0.2, 0.25) is 0 Å². The van der Waals surface area contributed by atoms with Gasteiger partial charge in [0, 0.05) is 24.2 Å². The number of hydrogen-bond acceptors (Lipinski definition) is 2. The summed E-state index contributed by atoms with van der Waals surface area (Å²) >= 11 is 3.43. The van der Waals surface area contributed by atoms with E-state index in [0.717, 1.165) is 23.9 Å². The van der Waals surface area contributed by atoms with Crippen LogP contribution in [0.25, 0.3) is 0 Å². The number of rotatable bonds is 4. The number of ether oxygens (including phenoxy) is 1. The van der Waals surface area contributed by atoms with E-state index in [9.17, 15) is 0 Å². The number of hydrogen-bond donors (Lipinski definition) is 1. The van der Waals surface area contributed by atoms with Gasteiger partial charge in [-0.2, -0.15) is 0 Å². The third kappa shape index (κ3) is 3.03. The Morgan fingerprint density at radius 2 is 2.00 bits per heavy atom. The van der Waals surface area contributed by atoms with Crippen molar-refractivity contribution in [1.82, 2.24) is 5.32 Å². The summed E-state index contributed by atoms with van der Waals surface area (Å²) in [6, 6.07) is 9.08. The minimum atomic E-state index is 0.479. The molecule has 0 spiro atoms. The van der Waals surface area contributed by atoms with E-state index in [4.69, 9.17) is 4.74 Å². The Morgan fingerprint density at radius 1 is 1.33 bits per heavy atom. The van der Waals surface area contributed by atoms with Crippen molar-refractivity contribution in [2.24, 2.45) is 0 Å².